The summed E-state index contributed by atoms with van der Waals surface area (Å²) in [5.41, 5.74) is 0.243. The highest BCUT2D eigenvalue weighted by molar-refractivity contribution is 7.80. The normalized spacial score (nSPS) is 10.2. The number of halogens is 2. The van der Waals surface area contributed by atoms with Crippen LogP contribution >= 0.6 is 35.4 Å². The number of aromatic carboxylic acids is 1. The van der Waals surface area contributed by atoms with E-state index in [4.69, 9.17) is 40.2 Å². The number of hydrogen-bond acceptors (Lipinski definition) is 4. The first-order valence-corrected chi connectivity index (χ1v) is 9.05. The van der Waals surface area contributed by atoms with Crippen LogP contribution < -0.4 is 15.4 Å². The van der Waals surface area contributed by atoms with Gasteiger partial charge in [-0.3, -0.25) is 10.1 Å². The highest BCUT2D eigenvalue weighted by Gasteiger charge is 2.17. The average molecular weight is 427 g/mol. The molecule has 3 N–H and O–H groups in total. The number of nitrogens with one attached hydrogen (secondary N) is 2. The van der Waals surface area contributed by atoms with E-state index in [0.29, 0.717) is 17.9 Å². The molecule has 1 amide bonds. The van der Waals surface area contributed by atoms with E-state index in [0.717, 1.165) is 6.42 Å². The fourth-order valence-corrected chi connectivity index (χ4v) is 2.85. The topological polar surface area (TPSA) is 87.7 Å². The van der Waals surface area contributed by atoms with Gasteiger partial charge in [0.25, 0.3) is 5.91 Å². The Morgan fingerprint density at radius 3 is 2.44 bits per heavy atom. The summed E-state index contributed by atoms with van der Waals surface area (Å²) in [6.45, 7) is 2.59. The summed E-state index contributed by atoms with van der Waals surface area (Å²) in [6.07, 6.45) is 0.883. The Morgan fingerprint density at radius 1 is 1.19 bits per heavy atom. The minimum absolute atomic E-state index is 0.0437. The van der Waals surface area contributed by atoms with Crippen LogP contribution in [-0.2, 0) is 0 Å². The lowest BCUT2D eigenvalue weighted by atomic mass is 10.2. The number of amides is 1. The van der Waals surface area contributed by atoms with Crippen molar-refractivity contribution < 1.29 is 19.4 Å². The molecule has 2 aromatic rings. The number of rotatable bonds is 6. The van der Waals surface area contributed by atoms with E-state index in [1.54, 1.807) is 24.3 Å². The van der Waals surface area contributed by atoms with Crippen molar-refractivity contribution in [2.75, 3.05) is 11.9 Å². The van der Waals surface area contributed by atoms with Gasteiger partial charge in [-0.15, -0.1) is 0 Å². The lowest BCUT2D eigenvalue weighted by Crippen LogP contribution is -2.34. The fraction of sp³-hybridized carbons (Fsp3) is 0.167. The molecule has 0 aliphatic heterocycles. The predicted molar refractivity (Wildman–Crippen MR) is 109 cm³/mol. The Hall–Kier alpha value is -2.35. The summed E-state index contributed by atoms with van der Waals surface area (Å²) < 4.78 is 5.46. The van der Waals surface area contributed by atoms with Gasteiger partial charge in [-0.1, -0.05) is 30.1 Å². The smallest absolute Gasteiger partial charge is 0.337 e. The molecule has 0 aromatic heterocycles. The van der Waals surface area contributed by atoms with Crippen molar-refractivity contribution in [3.05, 3.63) is 57.6 Å². The third-order valence-corrected chi connectivity index (χ3v) is 4.06. The maximum absolute atomic E-state index is 12.3. The zero-order chi connectivity index (χ0) is 20.0. The quantitative estimate of drug-likeness (QED) is 0.584. The van der Waals surface area contributed by atoms with Gasteiger partial charge < -0.3 is 15.2 Å². The first-order chi connectivity index (χ1) is 12.8. The van der Waals surface area contributed by atoms with E-state index in [1.165, 1.54) is 12.1 Å². The van der Waals surface area contributed by atoms with Crippen molar-refractivity contribution in [2.45, 2.75) is 13.3 Å². The molecule has 0 radical (unpaired) electrons. The zero-order valence-corrected chi connectivity index (χ0v) is 16.5. The number of ether oxygens (including phenoxy) is 1. The van der Waals surface area contributed by atoms with Gasteiger partial charge in [-0.25, -0.2) is 4.79 Å². The monoisotopic (exact) mass is 426 g/mol. The largest absolute Gasteiger partial charge is 0.494 e. The van der Waals surface area contributed by atoms with Gasteiger partial charge >= 0.3 is 5.97 Å². The first kappa shape index (κ1) is 21.0. The zero-order valence-electron chi connectivity index (χ0n) is 14.2. The van der Waals surface area contributed by atoms with E-state index in [2.05, 4.69) is 10.6 Å². The van der Waals surface area contributed by atoms with Gasteiger partial charge in [-0.05, 0) is 55.0 Å². The molecule has 0 saturated heterocycles. The van der Waals surface area contributed by atoms with Gasteiger partial charge in [0.15, 0.2) is 5.11 Å². The third kappa shape index (κ3) is 5.82. The van der Waals surface area contributed by atoms with Crippen LogP contribution in [0.15, 0.2) is 36.4 Å². The summed E-state index contributed by atoms with van der Waals surface area (Å²) in [5.74, 6) is -1.04. The molecule has 6 nitrogen and oxygen atoms in total. The average Bonchev–Trinajstić information content (AvgIpc) is 2.62. The standard InChI is InChI=1S/C18H16Cl2N2O4S/c1-2-7-26-12-5-3-10(4-6-12)16(23)22-18(27)21-15-13(17(24)25)8-11(19)9-14(15)20/h3-6,8-9H,2,7H2,1H3,(H,24,25)(H2,21,22,23,27). The molecule has 0 unspecified atom stereocenters. The second-order valence-corrected chi connectivity index (χ2v) is 6.65. The second-order valence-electron chi connectivity index (χ2n) is 5.40. The lowest BCUT2D eigenvalue weighted by molar-refractivity contribution is 0.0697. The van der Waals surface area contributed by atoms with Crippen LogP contribution in [0.4, 0.5) is 5.69 Å². The fourth-order valence-electron chi connectivity index (χ4n) is 2.11. The Labute approximate surface area is 171 Å². The Kier molecular flexibility index (Phi) is 7.41. The molecule has 27 heavy (non-hydrogen) atoms. The molecule has 0 fully saturated rings. The molecule has 2 aromatic carbocycles. The number of thiocarbonyl (C=S) groups is 1. The molecule has 0 spiro atoms. The first-order valence-electron chi connectivity index (χ1n) is 7.89. The van der Waals surface area contributed by atoms with Gasteiger partial charge in [0, 0.05) is 10.6 Å². The van der Waals surface area contributed by atoms with Crippen molar-refractivity contribution in [3.63, 3.8) is 0 Å². The third-order valence-electron chi connectivity index (χ3n) is 3.34. The van der Waals surface area contributed by atoms with E-state index >= 15 is 0 Å². The Morgan fingerprint density at radius 2 is 1.85 bits per heavy atom. The highest BCUT2D eigenvalue weighted by Crippen LogP contribution is 2.30. The van der Waals surface area contributed by atoms with Crippen LogP contribution in [0.5, 0.6) is 5.75 Å². The molecule has 0 bridgehead atoms. The summed E-state index contributed by atoms with van der Waals surface area (Å²) >= 11 is 16.9. The van der Waals surface area contributed by atoms with Crippen molar-refractivity contribution in [3.8, 4) is 5.75 Å². The van der Waals surface area contributed by atoms with E-state index in [-0.39, 0.29) is 26.4 Å². The van der Waals surface area contributed by atoms with Gasteiger partial charge in [0.05, 0.1) is 22.9 Å². The molecule has 0 heterocycles. The Balaban J connectivity index is 2.07. The van der Waals surface area contributed by atoms with Crippen molar-refractivity contribution >= 4 is 58.1 Å². The molecular formula is C18H16Cl2N2O4S. The molecule has 9 heteroatoms. The van der Waals surface area contributed by atoms with Gasteiger partial charge in [0.1, 0.15) is 5.75 Å². The number of carbonyl (C=O) groups excluding carboxylic acids is 1. The second kappa shape index (κ2) is 9.55. The van der Waals surface area contributed by atoms with E-state index in [1.807, 2.05) is 6.92 Å². The van der Waals surface area contributed by atoms with E-state index in [9.17, 15) is 14.7 Å². The number of carboxylic acid groups (broad SMARTS) is 1. The van der Waals surface area contributed by atoms with Crippen LogP contribution in [0.25, 0.3) is 0 Å². The number of benzene rings is 2. The highest BCUT2D eigenvalue weighted by atomic mass is 35.5. The molecule has 0 saturated carbocycles. The maximum atomic E-state index is 12.3. The van der Waals surface area contributed by atoms with Crippen molar-refractivity contribution in [1.82, 2.24) is 5.32 Å². The summed E-state index contributed by atoms with van der Waals surface area (Å²) in [7, 11) is 0. The number of carbonyl (C=O) groups is 2. The van der Waals surface area contributed by atoms with Gasteiger partial charge in [0.2, 0.25) is 0 Å². The van der Waals surface area contributed by atoms with Crippen LogP contribution in [0.3, 0.4) is 0 Å². The van der Waals surface area contributed by atoms with Crippen molar-refractivity contribution in [1.29, 1.82) is 0 Å². The minimum Gasteiger partial charge on any atom is -0.494 e. The maximum Gasteiger partial charge on any atom is 0.337 e. The molecule has 0 atom stereocenters. The molecule has 0 aliphatic rings. The Bertz CT molecular complexity index is 872. The molecule has 0 aliphatic carbocycles. The number of carboxylic acids is 1. The predicted octanol–water partition coefficient (Wildman–Crippen LogP) is 4.61. The number of anilines is 1. The SMILES string of the molecule is CCCOc1ccc(C(=O)NC(=S)Nc2c(Cl)cc(Cl)cc2C(=O)O)cc1. The van der Waals surface area contributed by atoms with Crippen LogP contribution in [0.1, 0.15) is 34.1 Å². The minimum atomic E-state index is -1.24. The van der Waals surface area contributed by atoms with Crippen molar-refractivity contribution in [2.24, 2.45) is 0 Å². The van der Waals surface area contributed by atoms with Crippen LogP contribution in [0, 0.1) is 0 Å². The number of hydrogen-bond donors (Lipinski definition) is 3. The van der Waals surface area contributed by atoms with Crippen LogP contribution in [-0.4, -0.2) is 28.7 Å². The summed E-state index contributed by atoms with van der Waals surface area (Å²) in [5, 5.41) is 14.5. The van der Waals surface area contributed by atoms with Gasteiger partial charge in [-0.2, -0.15) is 0 Å². The molecule has 2 rings (SSSR count). The summed E-state index contributed by atoms with van der Waals surface area (Å²) in [6, 6.07) is 9.16. The molecule has 142 valence electrons. The van der Waals surface area contributed by atoms with Crippen LogP contribution in [0.2, 0.25) is 10.0 Å². The lowest BCUT2D eigenvalue weighted by Gasteiger charge is -2.14. The summed E-state index contributed by atoms with van der Waals surface area (Å²) in [4.78, 5) is 23.6. The molecular weight excluding hydrogens is 411 g/mol. The van der Waals surface area contributed by atoms with E-state index < -0.39 is 11.9 Å².